The number of ether oxygens (including phenoxy) is 1. The molecule has 0 spiro atoms. The van der Waals surface area contributed by atoms with E-state index in [2.05, 4.69) is 15.3 Å². The summed E-state index contributed by atoms with van der Waals surface area (Å²) in [4.78, 5) is 21.0. The normalized spacial score (nSPS) is 10.8. The molecule has 0 bridgehead atoms. The van der Waals surface area contributed by atoms with Crippen molar-refractivity contribution in [3.8, 4) is 17.2 Å². The summed E-state index contributed by atoms with van der Waals surface area (Å²) in [5.74, 6) is 0.902. The highest BCUT2D eigenvalue weighted by atomic mass is 16.5. The summed E-state index contributed by atoms with van der Waals surface area (Å²) in [5.41, 5.74) is 4.60. The summed E-state index contributed by atoms with van der Waals surface area (Å²) >= 11 is 0. The number of carbonyl (C=O) groups excluding carboxylic acids is 1. The van der Waals surface area contributed by atoms with E-state index < -0.39 is 0 Å². The fourth-order valence-corrected chi connectivity index (χ4v) is 2.93. The van der Waals surface area contributed by atoms with Crippen LogP contribution in [-0.4, -0.2) is 22.5 Å². The number of anilines is 1. The Hall–Kier alpha value is -3.67. The molecule has 2 heterocycles. The van der Waals surface area contributed by atoms with Gasteiger partial charge in [-0.3, -0.25) is 4.79 Å². The summed E-state index contributed by atoms with van der Waals surface area (Å²) in [5, 5.41) is 2.89. The molecule has 0 aliphatic carbocycles. The van der Waals surface area contributed by atoms with E-state index in [1.165, 1.54) is 0 Å². The average Bonchev–Trinajstić information content (AvgIpc) is 3.12. The minimum absolute atomic E-state index is 0.0695. The molecular weight excluding hydrogens is 354 g/mol. The number of hydrogen-bond donors (Lipinski definition) is 1. The Morgan fingerprint density at radius 3 is 2.79 bits per heavy atom. The van der Waals surface area contributed by atoms with E-state index in [0.29, 0.717) is 28.6 Å². The standard InChI is InChI=1S/C22H19N3O3/c1-14-6-3-7-16(12-14)27-13-20(26)24-18-9-4-8-17(15(18)2)22-25-21-19(28-22)10-5-11-23-21/h3-12H,13H2,1-2H3,(H,24,26). The maximum Gasteiger partial charge on any atom is 0.262 e. The molecule has 28 heavy (non-hydrogen) atoms. The van der Waals surface area contributed by atoms with E-state index in [1.807, 2.05) is 62.4 Å². The Labute approximate surface area is 162 Å². The maximum absolute atomic E-state index is 12.3. The number of carbonyl (C=O) groups is 1. The predicted octanol–water partition coefficient (Wildman–Crippen LogP) is 4.52. The number of aromatic nitrogens is 2. The van der Waals surface area contributed by atoms with Crippen LogP contribution in [0.3, 0.4) is 0 Å². The number of amides is 1. The Morgan fingerprint density at radius 1 is 1.11 bits per heavy atom. The third kappa shape index (κ3) is 3.71. The van der Waals surface area contributed by atoms with Gasteiger partial charge in [-0.15, -0.1) is 0 Å². The lowest BCUT2D eigenvalue weighted by atomic mass is 10.1. The van der Waals surface area contributed by atoms with Crippen molar-refractivity contribution in [2.24, 2.45) is 0 Å². The molecule has 2 aromatic carbocycles. The van der Waals surface area contributed by atoms with Crippen LogP contribution in [0.1, 0.15) is 11.1 Å². The number of nitrogens with one attached hydrogen (secondary N) is 1. The van der Waals surface area contributed by atoms with Crippen molar-refractivity contribution in [1.29, 1.82) is 0 Å². The average molecular weight is 373 g/mol. The Kier molecular flexibility index (Phi) is 4.76. The summed E-state index contributed by atoms with van der Waals surface area (Å²) in [6, 6.07) is 16.8. The van der Waals surface area contributed by atoms with Crippen LogP contribution in [0.5, 0.6) is 5.75 Å². The van der Waals surface area contributed by atoms with Gasteiger partial charge in [-0.1, -0.05) is 18.2 Å². The molecule has 0 aliphatic rings. The van der Waals surface area contributed by atoms with E-state index >= 15 is 0 Å². The molecule has 4 rings (SSSR count). The van der Waals surface area contributed by atoms with Crippen LogP contribution < -0.4 is 10.1 Å². The van der Waals surface area contributed by atoms with Crippen molar-refractivity contribution >= 4 is 22.8 Å². The van der Waals surface area contributed by atoms with Gasteiger partial charge in [0.15, 0.2) is 17.8 Å². The number of nitrogens with zero attached hydrogens (tertiary/aromatic N) is 2. The summed E-state index contributed by atoms with van der Waals surface area (Å²) in [6.45, 7) is 3.82. The lowest BCUT2D eigenvalue weighted by molar-refractivity contribution is -0.118. The van der Waals surface area contributed by atoms with Crippen molar-refractivity contribution in [3.63, 3.8) is 0 Å². The van der Waals surface area contributed by atoms with Crippen molar-refractivity contribution in [2.75, 3.05) is 11.9 Å². The molecule has 4 aromatic rings. The van der Waals surface area contributed by atoms with Crippen molar-refractivity contribution in [2.45, 2.75) is 13.8 Å². The summed E-state index contributed by atoms with van der Waals surface area (Å²) < 4.78 is 11.4. The number of hydrogen-bond acceptors (Lipinski definition) is 5. The highest BCUT2D eigenvalue weighted by Gasteiger charge is 2.14. The first-order chi connectivity index (χ1) is 13.6. The first-order valence-corrected chi connectivity index (χ1v) is 8.91. The Morgan fingerprint density at radius 2 is 1.96 bits per heavy atom. The number of oxazole rings is 1. The number of pyridine rings is 1. The van der Waals surface area contributed by atoms with Gasteiger partial charge in [0, 0.05) is 17.4 Å². The largest absolute Gasteiger partial charge is 0.484 e. The van der Waals surface area contributed by atoms with Gasteiger partial charge in [0.25, 0.3) is 5.91 Å². The molecule has 6 heteroatoms. The van der Waals surface area contributed by atoms with Gasteiger partial charge >= 0.3 is 0 Å². The summed E-state index contributed by atoms with van der Waals surface area (Å²) in [7, 11) is 0. The van der Waals surface area contributed by atoms with Crippen LogP contribution in [-0.2, 0) is 4.79 Å². The topological polar surface area (TPSA) is 77.2 Å². The molecular formula is C22H19N3O3. The molecule has 2 aromatic heterocycles. The van der Waals surface area contributed by atoms with Crippen LogP contribution in [0.4, 0.5) is 5.69 Å². The zero-order valence-electron chi connectivity index (χ0n) is 15.6. The third-order valence-electron chi connectivity index (χ3n) is 4.36. The minimum Gasteiger partial charge on any atom is -0.484 e. The molecule has 0 unspecified atom stereocenters. The molecule has 6 nitrogen and oxygen atoms in total. The lowest BCUT2D eigenvalue weighted by Crippen LogP contribution is -2.20. The van der Waals surface area contributed by atoms with E-state index in [0.717, 1.165) is 16.7 Å². The Balaban J connectivity index is 1.51. The highest BCUT2D eigenvalue weighted by Crippen LogP contribution is 2.30. The second-order valence-electron chi connectivity index (χ2n) is 6.48. The summed E-state index contributed by atoms with van der Waals surface area (Å²) in [6.07, 6.45) is 1.67. The second-order valence-corrected chi connectivity index (χ2v) is 6.48. The van der Waals surface area contributed by atoms with E-state index in [1.54, 1.807) is 12.3 Å². The molecule has 0 radical (unpaired) electrons. The maximum atomic E-state index is 12.3. The second kappa shape index (κ2) is 7.52. The molecule has 1 amide bonds. The zero-order valence-corrected chi connectivity index (χ0v) is 15.6. The van der Waals surface area contributed by atoms with Gasteiger partial charge in [0.1, 0.15) is 5.75 Å². The van der Waals surface area contributed by atoms with Gasteiger partial charge < -0.3 is 14.5 Å². The monoisotopic (exact) mass is 373 g/mol. The highest BCUT2D eigenvalue weighted by molar-refractivity contribution is 5.93. The number of benzene rings is 2. The first-order valence-electron chi connectivity index (χ1n) is 8.91. The van der Waals surface area contributed by atoms with Crippen molar-refractivity contribution in [1.82, 2.24) is 9.97 Å². The molecule has 1 N–H and O–H groups in total. The van der Waals surface area contributed by atoms with Gasteiger partial charge in [-0.2, -0.15) is 4.98 Å². The van der Waals surface area contributed by atoms with Gasteiger partial charge in [-0.05, 0) is 61.4 Å². The fraction of sp³-hybridized carbons (Fsp3) is 0.136. The zero-order chi connectivity index (χ0) is 19.5. The van der Waals surface area contributed by atoms with Crippen LogP contribution >= 0.6 is 0 Å². The lowest BCUT2D eigenvalue weighted by Gasteiger charge is -2.11. The number of fused-ring (bicyclic) bond motifs is 1. The minimum atomic E-state index is -0.235. The molecule has 0 saturated heterocycles. The molecule has 0 atom stereocenters. The fourth-order valence-electron chi connectivity index (χ4n) is 2.93. The van der Waals surface area contributed by atoms with E-state index in [9.17, 15) is 4.79 Å². The first kappa shape index (κ1) is 17.7. The van der Waals surface area contributed by atoms with E-state index in [4.69, 9.17) is 9.15 Å². The van der Waals surface area contributed by atoms with Gasteiger partial charge in [-0.25, -0.2) is 4.98 Å². The van der Waals surface area contributed by atoms with Gasteiger partial charge in [0.05, 0.1) is 0 Å². The van der Waals surface area contributed by atoms with Crippen molar-refractivity contribution < 1.29 is 13.9 Å². The molecule has 0 fully saturated rings. The molecule has 140 valence electrons. The third-order valence-corrected chi connectivity index (χ3v) is 4.36. The van der Waals surface area contributed by atoms with Crippen molar-refractivity contribution in [3.05, 3.63) is 71.9 Å². The smallest absolute Gasteiger partial charge is 0.262 e. The van der Waals surface area contributed by atoms with Crippen LogP contribution in [0.15, 0.2) is 65.2 Å². The molecule has 0 aliphatic heterocycles. The number of rotatable bonds is 5. The quantitative estimate of drug-likeness (QED) is 0.556. The number of aryl methyl sites for hydroxylation is 1. The van der Waals surface area contributed by atoms with Crippen LogP contribution in [0.2, 0.25) is 0 Å². The van der Waals surface area contributed by atoms with Gasteiger partial charge in [0.2, 0.25) is 5.89 Å². The predicted molar refractivity (Wildman–Crippen MR) is 107 cm³/mol. The SMILES string of the molecule is Cc1cccc(OCC(=O)Nc2cccc(-c3nc4ncccc4o3)c2C)c1. The van der Waals surface area contributed by atoms with Crippen LogP contribution in [0.25, 0.3) is 22.7 Å². The van der Waals surface area contributed by atoms with Crippen LogP contribution in [0, 0.1) is 13.8 Å². The van der Waals surface area contributed by atoms with E-state index in [-0.39, 0.29) is 12.5 Å². The Bertz CT molecular complexity index is 1120. The molecule has 0 saturated carbocycles.